The Kier molecular flexibility index (Phi) is 3.80. The third kappa shape index (κ3) is 2.35. The van der Waals surface area contributed by atoms with E-state index in [0.717, 1.165) is 11.4 Å². The van der Waals surface area contributed by atoms with E-state index in [1.807, 2.05) is 0 Å². The van der Waals surface area contributed by atoms with Crippen LogP contribution < -0.4 is 9.47 Å². The zero-order valence-corrected chi connectivity index (χ0v) is 14.6. The van der Waals surface area contributed by atoms with E-state index in [2.05, 4.69) is 17.3 Å². The van der Waals surface area contributed by atoms with Gasteiger partial charge in [0.25, 0.3) is 11.8 Å². The molecule has 4 atom stereocenters. The summed E-state index contributed by atoms with van der Waals surface area (Å²) in [4.78, 5) is 25.3. The van der Waals surface area contributed by atoms with Crippen LogP contribution in [0.2, 0.25) is 5.02 Å². The normalized spacial score (nSPS) is 29.8. The summed E-state index contributed by atoms with van der Waals surface area (Å²) in [6.45, 7) is 0. The second-order valence-electron chi connectivity index (χ2n) is 6.46. The fraction of sp³-hybridized carbons (Fsp3) is 0.389. The molecular weight excluding hydrogens is 344 g/mol. The first-order chi connectivity index (χ1) is 12.0. The number of carbonyl (C=O) groups excluding carboxylic acids is 2. The summed E-state index contributed by atoms with van der Waals surface area (Å²) in [7, 11) is 3.01. The van der Waals surface area contributed by atoms with Crippen molar-refractivity contribution in [3.8, 4) is 11.5 Å². The fourth-order valence-corrected chi connectivity index (χ4v) is 4.39. The van der Waals surface area contributed by atoms with E-state index >= 15 is 0 Å². The molecule has 2 fully saturated rings. The molecule has 2 bridgehead atoms. The van der Waals surface area contributed by atoms with Gasteiger partial charge in [0.1, 0.15) is 0 Å². The summed E-state index contributed by atoms with van der Waals surface area (Å²) in [5, 5.41) is 5.58. The molecule has 130 valence electrons. The second kappa shape index (κ2) is 5.88. The maximum Gasteiger partial charge on any atom is 0.254 e. The van der Waals surface area contributed by atoms with Gasteiger partial charge in [0, 0.05) is 16.7 Å². The van der Waals surface area contributed by atoms with Crippen LogP contribution in [0.25, 0.3) is 0 Å². The number of halogens is 1. The summed E-state index contributed by atoms with van der Waals surface area (Å²) in [6.07, 6.45) is 6.41. The SMILES string of the molecule is COc1cc(Cl)cc(C=NN2C(=O)[C@@H]3[C@H](C2=O)[C@H]2C=C[C@H]3C2)c1OC. The summed E-state index contributed by atoms with van der Waals surface area (Å²) in [6, 6.07) is 3.27. The Morgan fingerprint density at radius 1 is 1.12 bits per heavy atom. The van der Waals surface area contributed by atoms with Gasteiger partial charge in [0.05, 0.1) is 32.3 Å². The Morgan fingerprint density at radius 3 is 2.32 bits per heavy atom. The molecule has 0 unspecified atom stereocenters. The molecule has 1 aromatic carbocycles. The molecule has 1 heterocycles. The molecule has 2 amide bonds. The minimum absolute atomic E-state index is 0.160. The quantitative estimate of drug-likeness (QED) is 0.470. The van der Waals surface area contributed by atoms with Crippen molar-refractivity contribution in [2.75, 3.05) is 14.2 Å². The molecule has 7 heteroatoms. The van der Waals surface area contributed by atoms with Crippen molar-refractivity contribution in [3.05, 3.63) is 34.9 Å². The molecule has 6 nitrogen and oxygen atoms in total. The lowest BCUT2D eigenvalue weighted by Crippen LogP contribution is -2.28. The molecule has 4 rings (SSSR count). The lowest BCUT2D eigenvalue weighted by molar-refractivity contribution is -0.140. The van der Waals surface area contributed by atoms with Crippen LogP contribution in [0.3, 0.4) is 0 Å². The second-order valence-corrected chi connectivity index (χ2v) is 6.90. The number of nitrogens with zero attached hydrogens (tertiary/aromatic N) is 2. The maximum atomic E-state index is 12.6. The van der Waals surface area contributed by atoms with Crippen LogP contribution in [0.1, 0.15) is 12.0 Å². The first-order valence-corrected chi connectivity index (χ1v) is 8.44. The van der Waals surface area contributed by atoms with Gasteiger partial charge in [-0.3, -0.25) is 9.59 Å². The number of hydrogen-bond donors (Lipinski definition) is 0. The molecule has 2 aliphatic carbocycles. The number of ether oxygens (including phenoxy) is 2. The Labute approximate surface area is 150 Å². The highest BCUT2D eigenvalue weighted by Gasteiger charge is 2.59. The summed E-state index contributed by atoms with van der Waals surface area (Å²) in [5.41, 5.74) is 0.533. The van der Waals surface area contributed by atoms with Crippen molar-refractivity contribution in [1.82, 2.24) is 5.01 Å². The Bertz CT molecular complexity index is 790. The number of carbonyl (C=O) groups is 2. The zero-order valence-electron chi connectivity index (χ0n) is 13.8. The molecule has 1 aromatic rings. The number of hydrogen-bond acceptors (Lipinski definition) is 5. The van der Waals surface area contributed by atoms with Crippen molar-refractivity contribution in [1.29, 1.82) is 0 Å². The van der Waals surface area contributed by atoms with E-state index in [0.29, 0.717) is 22.1 Å². The topological polar surface area (TPSA) is 68.2 Å². The van der Waals surface area contributed by atoms with Crippen LogP contribution in [0, 0.1) is 23.7 Å². The number of amides is 2. The van der Waals surface area contributed by atoms with Crippen LogP contribution in [-0.4, -0.2) is 37.3 Å². The van der Waals surface area contributed by atoms with Gasteiger partial charge < -0.3 is 9.47 Å². The van der Waals surface area contributed by atoms with Gasteiger partial charge in [-0.15, -0.1) is 0 Å². The molecule has 1 aliphatic heterocycles. The monoisotopic (exact) mass is 360 g/mol. The van der Waals surface area contributed by atoms with Crippen molar-refractivity contribution in [3.63, 3.8) is 0 Å². The predicted molar refractivity (Wildman–Crippen MR) is 91.7 cm³/mol. The highest BCUT2D eigenvalue weighted by atomic mass is 35.5. The van der Waals surface area contributed by atoms with Gasteiger partial charge in [0.2, 0.25) is 0 Å². The average molecular weight is 361 g/mol. The number of rotatable bonds is 4. The predicted octanol–water partition coefficient (Wildman–Crippen LogP) is 2.50. The van der Waals surface area contributed by atoms with E-state index in [1.165, 1.54) is 20.4 Å². The Morgan fingerprint density at radius 2 is 1.76 bits per heavy atom. The molecule has 1 saturated carbocycles. The van der Waals surface area contributed by atoms with Gasteiger partial charge in [-0.1, -0.05) is 23.8 Å². The van der Waals surface area contributed by atoms with Crippen molar-refractivity contribution in [2.45, 2.75) is 6.42 Å². The molecule has 1 saturated heterocycles. The number of hydrazone groups is 1. The van der Waals surface area contributed by atoms with Crippen LogP contribution in [-0.2, 0) is 9.59 Å². The third-order valence-corrected chi connectivity index (χ3v) is 5.45. The first-order valence-electron chi connectivity index (χ1n) is 8.06. The van der Waals surface area contributed by atoms with Crippen LogP contribution in [0.15, 0.2) is 29.4 Å². The summed E-state index contributed by atoms with van der Waals surface area (Å²) >= 11 is 6.08. The highest BCUT2D eigenvalue weighted by Crippen LogP contribution is 2.52. The van der Waals surface area contributed by atoms with E-state index in [9.17, 15) is 9.59 Å². The number of fused-ring (bicyclic) bond motifs is 5. The fourth-order valence-electron chi connectivity index (χ4n) is 4.18. The van der Waals surface area contributed by atoms with Gasteiger partial charge in [0.15, 0.2) is 11.5 Å². The van der Waals surface area contributed by atoms with Crippen LogP contribution >= 0.6 is 11.6 Å². The van der Waals surface area contributed by atoms with Crippen LogP contribution in [0.5, 0.6) is 11.5 Å². The minimum Gasteiger partial charge on any atom is -0.493 e. The number of allylic oxidation sites excluding steroid dienone is 2. The maximum absolute atomic E-state index is 12.6. The Balaban J connectivity index is 1.64. The van der Waals surface area contributed by atoms with E-state index in [-0.39, 0.29) is 35.5 Å². The summed E-state index contributed by atoms with van der Waals surface area (Å²) in [5.74, 6) is 0.226. The lowest BCUT2D eigenvalue weighted by atomic mass is 9.85. The van der Waals surface area contributed by atoms with Crippen molar-refractivity contribution < 1.29 is 19.1 Å². The molecule has 3 aliphatic rings. The van der Waals surface area contributed by atoms with Gasteiger partial charge in [-0.05, 0) is 24.3 Å². The first kappa shape index (κ1) is 16.1. The van der Waals surface area contributed by atoms with Gasteiger partial charge in [-0.2, -0.15) is 10.1 Å². The van der Waals surface area contributed by atoms with Gasteiger partial charge >= 0.3 is 0 Å². The number of benzene rings is 1. The number of methoxy groups -OCH3 is 2. The molecule has 0 aromatic heterocycles. The van der Waals surface area contributed by atoms with Gasteiger partial charge in [-0.25, -0.2) is 0 Å². The molecule has 0 radical (unpaired) electrons. The molecular formula is C18H17ClN2O4. The van der Waals surface area contributed by atoms with Crippen molar-refractivity contribution in [2.24, 2.45) is 28.8 Å². The molecule has 25 heavy (non-hydrogen) atoms. The minimum atomic E-state index is -0.268. The number of imide groups is 1. The molecule has 0 N–H and O–H groups in total. The standard InChI is InChI=1S/C18H17ClN2O4/c1-24-13-7-12(19)6-11(16(13)25-2)8-20-21-17(22)14-9-3-4-10(5-9)15(14)18(21)23/h3-4,6-10,14-15H,5H2,1-2H3/t9-,10-,14-,15+/m0/s1. The van der Waals surface area contributed by atoms with E-state index in [4.69, 9.17) is 21.1 Å². The van der Waals surface area contributed by atoms with Crippen LogP contribution in [0.4, 0.5) is 0 Å². The summed E-state index contributed by atoms with van der Waals surface area (Å²) < 4.78 is 10.6. The Hall–Kier alpha value is -2.34. The highest BCUT2D eigenvalue weighted by molar-refractivity contribution is 6.31. The third-order valence-electron chi connectivity index (χ3n) is 5.23. The van der Waals surface area contributed by atoms with Crippen molar-refractivity contribution >= 4 is 29.6 Å². The zero-order chi connectivity index (χ0) is 17.7. The molecule has 0 spiro atoms. The largest absolute Gasteiger partial charge is 0.493 e. The lowest BCUT2D eigenvalue weighted by Gasteiger charge is -2.13. The van der Waals surface area contributed by atoms with E-state index < -0.39 is 0 Å². The average Bonchev–Trinajstić information content (AvgIpc) is 3.27. The smallest absolute Gasteiger partial charge is 0.254 e. The van der Waals surface area contributed by atoms with E-state index in [1.54, 1.807) is 12.1 Å².